The summed E-state index contributed by atoms with van der Waals surface area (Å²) in [6, 6.07) is 0. The first-order valence-electron chi connectivity index (χ1n) is 7.11. The van der Waals surface area contributed by atoms with E-state index in [1.54, 1.807) is 0 Å². The van der Waals surface area contributed by atoms with Gasteiger partial charge in [-0.1, -0.05) is 6.92 Å². The van der Waals surface area contributed by atoms with Crippen molar-refractivity contribution in [1.29, 1.82) is 0 Å². The van der Waals surface area contributed by atoms with E-state index in [0.717, 1.165) is 26.1 Å². The molecule has 1 aromatic rings. The maximum atomic E-state index is 9.82. The predicted molar refractivity (Wildman–Crippen MR) is 80.3 cm³/mol. The lowest BCUT2D eigenvalue weighted by molar-refractivity contribution is 0.0966. The number of anilines is 3. The number of aliphatic hydroxyl groups excluding tert-OH is 1. The van der Waals surface area contributed by atoms with Crippen LogP contribution in [-0.2, 0) is 0 Å². The highest BCUT2D eigenvalue weighted by atomic mass is 16.3. The van der Waals surface area contributed by atoms with Crippen molar-refractivity contribution >= 4 is 17.8 Å². The van der Waals surface area contributed by atoms with Crippen LogP contribution < -0.4 is 15.1 Å². The van der Waals surface area contributed by atoms with Gasteiger partial charge in [-0.3, -0.25) is 0 Å². The molecule has 20 heavy (non-hydrogen) atoms. The number of aromatic nitrogens is 3. The van der Waals surface area contributed by atoms with Crippen LogP contribution in [0.4, 0.5) is 17.8 Å². The monoisotopic (exact) mass is 280 g/mol. The lowest BCUT2D eigenvalue weighted by Crippen LogP contribution is -2.43. The molecule has 1 saturated heterocycles. The van der Waals surface area contributed by atoms with Crippen molar-refractivity contribution in [3.8, 4) is 0 Å². The summed E-state index contributed by atoms with van der Waals surface area (Å²) in [4.78, 5) is 17.3. The molecule has 0 amide bonds. The molecule has 0 radical (unpaired) electrons. The van der Waals surface area contributed by atoms with Crippen LogP contribution in [-0.4, -0.2) is 59.9 Å². The number of hydrogen-bond acceptors (Lipinski definition) is 7. The molecule has 7 nitrogen and oxygen atoms in total. The van der Waals surface area contributed by atoms with Crippen molar-refractivity contribution in [3.05, 3.63) is 0 Å². The highest BCUT2D eigenvalue weighted by Crippen LogP contribution is 2.22. The highest BCUT2D eigenvalue weighted by molar-refractivity contribution is 5.44. The van der Waals surface area contributed by atoms with Crippen LogP contribution in [0.25, 0.3) is 0 Å². The van der Waals surface area contributed by atoms with Gasteiger partial charge < -0.3 is 20.2 Å². The second-order valence-electron chi connectivity index (χ2n) is 5.46. The molecule has 0 aromatic carbocycles. The normalized spacial score (nSPS) is 22.8. The molecule has 0 spiro atoms. The van der Waals surface area contributed by atoms with E-state index in [2.05, 4.69) is 32.1 Å². The first-order valence-corrected chi connectivity index (χ1v) is 7.11. The Morgan fingerprint density at radius 3 is 2.70 bits per heavy atom. The SMILES string of the molecule is CCNc1nc(N(C)C)nc(N2CCC(O)C(C)C2)n1. The minimum atomic E-state index is -0.227. The van der Waals surface area contributed by atoms with Gasteiger partial charge in [0, 0.05) is 33.7 Å². The van der Waals surface area contributed by atoms with Gasteiger partial charge in [-0.2, -0.15) is 15.0 Å². The Bertz CT molecular complexity index is 452. The minimum absolute atomic E-state index is 0.227. The first kappa shape index (κ1) is 14.8. The molecule has 0 aliphatic carbocycles. The molecule has 2 rings (SSSR count). The van der Waals surface area contributed by atoms with Crippen LogP contribution >= 0.6 is 0 Å². The van der Waals surface area contributed by atoms with E-state index in [9.17, 15) is 5.11 Å². The molecule has 1 aliphatic heterocycles. The zero-order chi connectivity index (χ0) is 14.7. The summed E-state index contributed by atoms with van der Waals surface area (Å²) in [7, 11) is 3.83. The molecule has 0 bridgehead atoms. The number of nitrogens with zero attached hydrogens (tertiary/aromatic N) is 5. The Morgan fingerprint density at radius 1 is 1.35 bits per heavy atom. The molecule has 7 heteroatoms. The Kier molecular flexibility index (Phi) is 4.59. The summed E-state index contributed by atoms with van der Waals surface area (Å²) in [5.74, 6) is 2.15. The highest BCUT2D eigenvalue weighted by Gasteiger charge is 2.26. The lowest BCUT2D eigenvalue weighted by Gasteiger charge is -2.34. The third-order valence-electron chi connectivity index (χ3n) is 3.49. The maximum absolute atomic E-state index is 9.82. The Morgan fingerprint density at radius 2 is 2.10 bits per heavy atom. The Labute approximate surface area is 120 Å². The molecule has 2 atom stereocenters. The van der Waals surface area contributed by atoms with Crippen molar-refractivity contribution in [2.45, 2.75) is 26.4 Å². The standard InChI is InChI=1S/C13H24N6O/c1-5-14-11-15-12(18(3)4)17-13(16-11)19-7-6-10(20)9(2)8-19/h9-10,20H,5-8H2,1-4H3,(H,14,15,16,17). The van der Waals surface area contributed by atoms with E-state index in [1.165, 1.54) is 0 Å². The van der Waals surface area contributed by atoms with Crippen LogP contribution in [0.5, 0.6) is 0 Å². The number of nitrogens with one attached hydrogen (secondary N) is 1. The summed E-state index contributed by atoms with van der Waals surface area (Å²) in [6.45, 7) is 6.37. The quantitative estimate of drug-likeness (QED) is 0.835. The van der Waals surface area contributed by atoms with Gasteiger partial charge in [-0.05, 0) is 19.3 Å². The fourth-order valence-electron chi connectivity index (χ4n) is 2.25. The lowest BCUT2D eigenvalue weighted by atomic mass is 9.97. The molecule has 2 N–H and O–H groups in total. The van der Waals surface area contributed by atoms with Crippen molar-refractivity contribution in [2.75, 3.05) is 48.8 Å². The van der Waals surface area contributed by atoms with Crippen LogP contribution in [0.2, 0.25) is 0 Å². The zero-order valence-electron chi connectivity index (χ0n) is 12.7. The van der Waals surface area contributed by atoms with Crippen LogP contribution in [0.1, 0.15) is 20.3 Å². The first-order chi connectivity index (χ1) is 9.51. The average molecular weight is 280 g/mol. The van der Waals surface area contributed by atoms with Gasteiger partial charge in [0.2, 0.25) is 17.8 Å². The van der Waals surface area contributed by atoms with Gasteiger partial charge in [-0.25, -0.2) is 0 Å². The Hall–Kier alpha value is -1.63. The topological polar surface area (TPSA) is 77.4 Å². The molecule has 1 fully saturated rings. The van der Waals surface area contributed by atoms with Crippen molar-refractivity contribution in [2.24, 2.45) is 5.92 Å². The average Bonchev–Trinajstić information content (AvgIpc) is 2.42. The van der Waals surface area contributed by atoms with Crippen LogP contribution in [0.3, 0.4) is 0 Å². The molecule has 112 valence electrons. The molecular formula is C13H24N6O. The van der Waals surface area contributed by atoms with E-state index in [0.29, 0.717) is 17.8 Å². The second-order valence-corrected chi connectivity index (χ2v) is 5.46. The maximum Gasteiger partial charge on any atom is 0.231 e. The second kappa shape index (κ2) is 6.21. The number of hydrogen-bond donors (Lipinski definition) is 2. The van der Waals surface area contributed by atoms with E-state index in [-0.39, 0.29) is 12.0 Å². The fraction of sp³-hybridized carbons (Fsp3) is 0.769. The zero-order valence-corrected chi connectivity index (χ0v) is 12.7. The summed E-state index contributed by atoms with van der Waals surface area (Å²) in [5, 5.41) is 13.0. The molecule has 2 unspecified atom stereocenters. The van der Waals surface area contributed by atoms with Crippen molar-refractivity contribution in [3.63, 3.8) is 0 Å². The molecule has 0 saturated carbocycles. The summed E-state index contributed by atoms with van der Waals surface area (Å²) >= 11 is 0. The molecule has 1 aliphatic rings. The minimum Gasteiger partial charge on any atom is -0.393 e. The Balaban J connectivity index is 2.25. The fourth-order valence-corrected chi connectivity index (χ4v) is 2.25. The van der Waals surface area contributed by atoms with E-state index in [1.807, 2.05) is 25.9 Å². The summed E-state index contributed by atoms with van der Waals surface area (Å²) < 4.78 is 0. The van der Waals surface area contributed by atoms with Gasteiger partial charge in [-0.15, -0.1) is 0 Å². The summed E-state index contributed by atoms with van der Waals surface area (Å²) in [6.07, 6.45) is 0.523. The summed E-state index contributed by atoms with van der Waals surface area (Å²) in [5.41, 5.74) is 0. The predicted octanol–water partition coefficient (Wildman–Crippen LogP) is 0.576. The van der Waals surface area contributed by atoms with Gasteiger partial charge in [0.15, 0.2) is 0 Å². The van der Waals surface area contributed by atoms with Gasteiger partial charge >= 0.3 is 0 Å². The molecule has 1 aromatic heterocycles. The van der Waals surface area contributed by atoms with Gasteiger partial charge in [0.25, 0.3) is 0 Å². The smallest absolute Gasteiger partial charge is 0.231 e. The van der Waals surface area contributed by atoms with Crippen LogP contribution in [0.15, 0.2) is 0 Å². The van der Waals surface area contributed by atoms with Gasteiger partial charge in [0.05, 0.1) is 6.10 Å². The van der Waals surface area contributed by atoms with Crippen molar-refractivity contribution in [1.82, 2.24) is 15.0 Å². The number of piperidine rings is 1. The molecular weight excluding hydrogens is 256 g/mol. The molecule has 2 heterocycles. The third-order valence-corrected chi connectivity index (χ3v) is 3.49. The third kappa shape index (κ3) is 3.27. The largest absolute Gasteiger partial charge is 0.393 e. The van der Waals surface area contributed by atoms with Gasteiger partial charge in [0.1, 0.15) is 0 Å². The number of aliphatic hydroxyl groups is 1. The van der Waals surface area contributed by atoms with Crippen molar-refractivity contribution < 1.29 is 5.11 Å². The van der Waals surface area contributed by atoms with E-state index >= 15 is 0 Å². The van der Waals surface area contributed by atoms with E-state index < -0.39 is 0 Å². The number of rotatable bonds is 4. The van der Waals surface area contributed by atoms with Crippen LogP contribution in [0, 0.1) is 5.92 Å². The van der Waals surface area contributed by atoms with E-state index in [4.69, 9.17) is 0 Å².